The molecule has 234 valence electrons. The molecule has 0 saturated carbocycles. The molecule has 16 heteroatoms. The Labute approximate surface area is 239 Å². The molecule has 1 rings (SSSR count). The molecule has 0 spiro atoms. The predicted octanol–water partition coefficient (Wildman–Crippen LogP) is -2.27. The van der Waals surface area contributed by atoms with Crippen LogP contribution in [0.5, 0.6) is 0 Å². The third-order valence-corrected chi connectivity index (χ3v) is 6.72. The molecule has 1 aliphatic rings. The Bertz CT molecular complexity index is 829. The van der Waals surface area contributed by atoms with E-state index in [2.05, 4.69) is 10.6 Å². The van der Waals surface area contributed by atoms with Gasteiger partial charge in [0.1, 0.15) is 6.04 Å². The summed E-state index contributed by atoms with van der Waals surface area (Å²) in [6.45, 7) is 1.65. The fraction of sp³-hybridized carbons (Fsp3) is 0.760. The Morgan fingerprint density at radius 3 is 1.51 bits per heavy atom. The molecule has 1 fully saturated rings. The van der Waals surface area contributed by atoms with Crippen molar-refractivity contribution < 1.29 is 49.2 Å². The Morgan fingerprint density at radius 2 is 1.10 bits per heavy atom. The molecular formula is C25H44N6O10. The average Bonchev–Trinajstić information content (AvgIpc) is 2.88. The number of nitrogens with one attached hydrogen (secondary N) is 2. The highest BCUT2D eigenvalue weighted by molar-refractivity contribution is 5.78. The first kappa shape index (κ1) is 35.7. The molecule has 1 unspecified atom stereocenters. The minimum atomic E-state index is -1.14. The molecule has 41 heavy (non-hydrogen) atoms. The van der Waals surface area contributed by atoms with E-state index in [-0.39, 0.29) is 90.7 Å². The van der Waals surface area contributed by atoms with Gasteiger partial charge in [-0.2, -0.15) is 0 Å². The van der Waals surface area contributed by atoms with Crippen molar-refractivity contribution in [1.29, 1.82) is 0 Å². The summed E-state index contributed by atoms with van der Waals surface area (Å²) < 4.78 is 0. The van der Waals surface area contributed by atoms with Gasteiger partial charge < -0.3 is 31.1 Å². The van der Waals surface area contributed by atoms with E-state index in [0.717, 1.165) is 12.8 Å². The molecular weight excluding hydrogens is 544 g/mol. The summed E-state index contributed by atoms with van der Waals surface area (Å²) in [7, 11) is 0. The number of carbonyl (C=O) groups is 6. The maximum absolute atomic E-state index is 12.4. The van der Waals surface area contributed by atoms with E-state index >= 15 is 0 Å². The topological polar surface area (TPSA) is 220 Å². The minimum absolute atomic E-state index is 0.00860. The van der Waals surface area contributed by atoms with E-state index in [4.69, 9.17) is 0 Å². The van der Waals surface area contributed by atoms with Crippen molar-refractivity contribution in [1.82, 2.24) is 30.2 Å². The summed E-state index contributed by atoms with van der Waals surface area (Å²) in [5, 5.41) is 43.3. The average molecular weight is 589 g/mol. The number of amides is 2. The molecule has 0 aliphatic carbocycles. The molecule has 0 bridgehead atoms. The predicted molar refractivity (Wildman–Crippen MR) is 145 cm³/mol. The zero-order chi connectivity index (χ0) is 30.6. The number of hydrogen-bond donors (Lipinski definition) is 6. The van der Waals surface area contributed by atoms with Crippen LogP contribution < -0.4 is 10.6 Å². The first-order valence-electron chi connectivity index (χ1n) is 13.7. The van der Waals surface area contributed by atoms with Crippen molar-refractivity contribution in [3.63, 3.8) is 0 Å². The minimum Gasteiger partial charge on any atom is -0.480 e. The van der Waals surface area contributed by atoms with Gasteiger partial charge in [0.15, 0.2) is 0 Å². The molecule has 16 nitrogen and oxygen atoms in total. The van der Waals surface area contributed by atoms with Gasteiger partial charge in [-0.15, -0.1) is 0 Å². The van der Waals surface area contributed by atoms with Crippen molar-refractivity contribution in [2.75, 3.05) is 85.1 Å². The zero-order valence-electron chi connectivity index (χ0n) is 23.4. The van der Waals surface area contributed by atoms with Crippen LogP contribution in [0.2, 0.25) is 0 Å². The molecule has 1 aliphatic heterocycles. The van der Waals surface area contributed by atoms with Gasteiger partial charge in [-0.05, 0) is 25.7 Å². The Balaban J connectivity index is 2.91. The van der Waals surface area contributed by atoms with Crippen LogP contribution in [-0.2, 0) is 28.8 Å². The van der Waals surface area contributed by atoms with Crippen LogP contribution in [0.25, 0.3) is 0 Å². The number of carboxylic acids is 4. The van der Waals surface area contributed by atoms with Crippen LogP contribution in [0.15, 0.2) is 0 Å². The second-order valence-electron chi connectivity index (χ2n) is 9.92. The highest BCUT2D eigenvalue weighted by atomic mass is 16.4. The third-order valence-electron chi connectivity index (χ3n) is 6.72. The maximum Gasteiger partial charge on any atom is 0.320 e. The van der Waals surface area contributed by atoms with E-state index in [1.54, 1.807) is 19.6 Å². The number of nitrogens with zero attached hydrogens (tertiary/aromatic N) is 4. The summed E-state index contributed by atoms with van der Waals surface area (Å²) >= 11 is 0. The molecule has 0 aromatic heterocycles. The smallest absolute Gasteiger partial charge is 0.320 e. The first-order chi connectivity index (χ1) is 19.5. The molecule has 1 saturated heterocycles. The van der Waals surface area contributed by atoms with Crippen molar-refractivity contribution in [3.8, 4) is 0 Å². The van der Waals surface area contributed by atoms with E-state index in [1.807, 2.05) is 0 Å². The lowest BCUT2D eigenvalue weighted by atomic mass is 10.1. The molecule has 6 N–H and O–H groups in total. The van der Waals surface area contributed by atoms with Crippen LogP contribution in [0.1, 0.15) is 32.1 Å². The van der Waals surface area contributed by atoms with Crippen LogP contribution >= 0.6 is 0 Å². The first-order valence-corrected chi connectivity index (χ1v) is 13.7. The number of hydrogen-bond acceptors (Lipinski definition) is 10. The van der Waals surface area contributed by atoms with Crippen molar-refractivity contribution in [2.45, 2.75) is 38.1 Å². The SMILES string of the molecule is O=CNCCCCCNC(=O)CCC(C(=O)O)N1CCN(CC(=O)O)CCN(CC(=O)O)CCN(CC(=O)O)CC1. The van der Waals surface area contributed by atoms with Crippen molar-refractivity contribution in [2.24, 2.45) is 0 Å². The number of unbranched alkanes of at least 4 members (excludes halogenated alkanes) is 2. The maximum atomic E-state index is 12.4. The van der Waals surface area contributed by atoms with Crippen molar-refractivity contribution >= 4 is 36.2 Å². The van der Waals surface area contributed by atoms with Gasteiger partial charge in [0.2, 0.25) is 12.3 Å². The lowest BCUT2D eigenvalue weighted by Gasteiger charge is -2.35. The van der Waals surface area contributed by atoms with Gasteiger partial charge in [-0.1, -0.05) is 0 Å². The lowest BCUT2D eigenvalue weighted by Crippen LogP contribution is -2.52. The lowest BCUT2D eigenvalue weighted by molar-refractivity contribution is -0.145. The standard InChI is InChI=1S/C25H44N6O10/c32-19-26-6-2-1-3-7-27-21(33)5-4-20(25(40)41)31-14-12-29(17-23(36)37)10-8-28(16-22(34)35)9-11-30(13-15-31)18-24(38)39/h19-20H,1-18H2,(H,26,32)(H,27,33)(H,34,35)(H,36,37)(H,38,39)(H,40,41). The second kappa shape index (κ2) is 20.5. The van der Waals surface area contributed by atoms with E-state index in [1.165, 1.54) is 0 Å². The number of carboxylic acid groups (broad SMARTS) is 4. The van der Waals surface area contributed by atoms with Crippen LogP contribution in [0.4, 0.5) is 0 Å². The zero-order valence-corrected chi connectivity index (χ0v) is 23.4. The number of rotatable bonds is 18. The summed E-state index contributed by atoms with van der Waals surface area (Å²) in [5.74, 6) is -4.65. The van der Waals surface area contributed by atoms with Gasteiger partial charge in [0.05, 0.1) is 19.6 Å². The summed E-state index contributed by atoms with van der Waals surface area (Å²) in [6.07, 6.45) is 2.89. The van der Waals surface area contributed by atoms with E-state index in [9.17, 15) is 49.2 Å². The summed E-state index contributed by atoms with van der Waals surface area (Å²) in [4.78, 5) is 75.5. The summed E-state index contributed by atoms with van der Waals surface area (Å²) in [6, 6.07) is -1.06. The molecule has 0 aromatic rings. The molecule has 0 aromatic carbocycles. The van der Waals surface area contributed by atoms with Crippen molar-refractivity contribution in [3.05, 3.63) is 0 Å². The largest absolute Gasteiger partial charge is 0.480 e. The third kappa shape index (κ3) is 17.2. The molecule has 1 atom stereocenters. The molecule has 1 heterocycles. The Morgan fingerprint density at radius 1 is 0.659 bits per heavy atom. The Hall–Kier alpha value is -3.34. The fourth-order valence-electron chi connectivity index (χ4n) is 4.55. The monoisotopic (exact) mass is 588 g/mol. The van der Waals surface area contributed by atoms with E-state index < -0.39 is 29.9 Å². The second-order valence-corrected chi connectivity index (χ2v) is 9.92. The van der Waals surface area contributed by atoms with Crippen LogP contribution in [0.3, 0.4) is 0 Å². The van der Waals surface area contributed by atoms with Crippen LogP contribution in [-0.4, -0.2) is 167 Å². The van der Waals surface area contributed by atoms with Gasteiger partial charge >= 0.3 is 23.9 Å². The van der Waals surface area contributed by atoms with Gasteiger partial charge in [0.25, 0.3) is 0 Å². The summed E-state index contributed by atoms with van der Waals surface area (Å²) in [5.41, 5.74) is 0. The highest BCUT2D eigenvalue weighted by Gasteiger charge is 2.28. The highest BCUT2D eigenvalue weighted by Crippen LogP contribution is 2.11. The van der Waals surface area contributed by atoms with Gasteiger partial charge in [-0.25, -0.2) is 0 Å². The van der Waals surface area contributed by atoms with Gasteiger partial charge in [0, 0.05) is 71.9 Å². The van der Waals surface area contributed by atoms with Crippen LogP contribution in [0, 0.1) is 0 Å². The quantitative estimate of drug-likeness (QED) is 0.0734. The number of aliphatic carboxylic acids is 4. The van der Waals surface area contributed by atoms with E-state index in [0.29, 0.717) is 25.9 Å². The molecule has 0 radical (unpaired) electrons. The normalized spacial score (nSPS) is 17.5. The van der Waals surface area contributed by atoms with Gasteiger partial charge in [-0.3, -0.25) is 48.4 Å². The Kier molecular flexibility index (Phi) is 17.9. The fourth-order valence-corrected chi connectivity index (χ4v) is 4.55. The number of carbonyl (C=O) groups excluding carboxylic acids is 2. The molecule has 2 amide bonds.